The third-order valence-electron chi connectivity index (χ3n) is 3.40. The molecule has 0 radical (unpaired) electrons. The van der Waals surface area contributed by atoms with Gasteiger partial charge in [0.05, 0.1) is 0 Å². The molecule has 0 aliphatic rings. The standard InChI is InChI=1S/C17H26BrFN4OS.HI/c1-23(2)16(24)12-22-17(21-9-10-25-3)20-8-4-5-13-6-7-14(18)11-15(13)19;/h6-7,11H,4-5,8-10,12H2,1-3H3,(H2,20,21,22);1H. The molecular weight excluding hydrogens is 534 g/mol. The Bertz CT molecular complexity index is 590. The predicted molar refractivity (Wildman–Crippen MR) is 123 cm³/mol. The molecule has 0 heterocycles. The van der Waals surface area contributed by atoms with Crippen LogP contribution in [0.25, 0.3) is 0 Å². The number of amides is 1. The van der Waals surface area contributed by atoms with Gasteiger partial charge in [0.1, 0.15) is 12.4 Å². The number of aliphatic imine (C=N–C) groups is 1. The lowest BCUT2D eigenvalue weighted by molar-refractivity contribution is -0.127. The molecule has 2 N–H and O–H groups in total. The van der Waals surface area contributed by atoms with E-state index in [-0.39, 0.29) is 42.2 Å². The fourth-order valence-corrected chi connectivity index (χ4v) is 2.58. The summed E-state index contributed by atoms with van der Waals surface area (Å²) >= 11 is 4.99. The molecule has 1 rings (SSSR count). The first-order chi connectivity index (χ1) is 11.9. The molecule has 9 heteroatoms. The van der Waals surface area contributed by atoms with Gasteiger partial charge in [-0.25, -0.2) is 9.38 Å². The van der Waals surface area contributed by atoms with Crippen molar-refractivity contribution in [2.75, 3.05) is 45.7 Å². The number of thioether (sulfide) groups is 1. The maximum Gasteiger partial charge on any atom is 0.243 e. The van der Waals surface area contributed by atoms with Crippen molar-refractivity contribution < 1.29 is 9.18 Å². The molecule has 148 valence electrons. The first-order valence-corrected chi connectivity index (χ1v) is 10.3. The van der Waals surface area contributed by atoms with E-state index in [1.54, 1.807) is 31.9 Å². The van der Waals surface area contributed by atoms with Crippen LogP contribution < -0.4 is 10.6 Å². The third kappa shape index (κ3) is 10.6. The quantitative estimate of drug-likeness (QED) is 0.211. The Morgan fingerprint density at radius 2 is 2.00 bits per heavy atom. The lowest BCUT2D eigenvalue weighted by Crippen LogP contribution is -2.40. The first-order valence-electron chi connectivity index (χ1n) is 8.09. The van der Waals surface area contributed by atoms with Crippen LogP contribution in [0.3, 0.4) is 0 Å². The van der Waals surface area contributed by atoms with Gasteiger partial charge in [0.25, 0.3) is 0 Å². The Balaban J connectivity index is 0.00000625. The highest BCUT2D eigenvalue weighted by molar-refractivity contribution is 14.0. The molecule has 5 nitrogen and oxygen atoms in total. The van der Waals surface area contributed by atoms with Gasteiger partial charge in [0, 0.05) is 37.4 Å². The molecule has 1 aromatic rings. The minimum atomic E-state index is -0.196. The molecule has 1 amide bonds. The zero-order valence-electron chi connectivity index (χ0n) is 15.3. The summed E-state index contributed by atoms with van der Waals surface area (Å²) in [5.74, 6) is 1.31. The maximum absolute atomic E-state index is 13.8. The number of hydrogen-bond acceptors (Lipinski definition) is 3. The summed E-state index contributed by atoms with van der Waals surface area (Å²) < 4.78 is 14.5. The van der Waals surface area contributed by atoms with Crippen LogP contribution in [0.15, 0.2) is 27.7 Å². The average molecular weight is 561 g/mol. The molecule has 0 saturated carbocycles. The van der Waals surface area contributed by atoms with Crippen molar-refractivity contribution in [3.8, 4) is 0 Å². The SMILES string of the molecule is CSCCNC(=NCC(=O)N(C)C)NCCCc1ccc(Br)cc1F.I. The van der Waals surface area contributed by atoms with E-state index in [0.29, 0.717) is 24.5 Å². The number of benzene rings is 1. The van der Waals surface area contributed by atoms with Crippen LogP contribution in [0.5, 0.6) is 0 Å². The topological polar surface area (TPSA) is 56.7 Å². The summed E-state index contributed by atoms with van der Waals surface area (Å²) in [6.07, 6.45) is 3.44. The fourth-order valence-electron chi connectivity index (χ4n) is 1.94. The second-order valence-corrected chi connectivity index (χ2v) is 7.54. The number of carbonyl (C=O) groups excluding carboxylic acids is 1. The fraction of sp³-hybridized carbons (Fsp3) is 0.529. The number of aryl methyl sites for hydroxylation is 1. The molecule has 0 aromatic heterocycles. The molecular formula is C17H27BrFIN4OS. The van der Waals surface area contributed by atoms with E-state index in [2.05, 4.69) is 31.6 Å². The number of nitrogens with zero attached hydrogens (tertiary/aromatic N) is 2. The van der Waals surface area contributed by atoms with Gasteiger partial charge in [-0.1, -0.05) is 22.0 Å². The number of likely N-dealkylation sites (N-methyl/N-ethyl adjacent to an activating group) is 1. The molecule has 0 spiro atoms. The van der Waals surface area contributed by atoms with E-state index >= 15 is 0 Å². The molecule has 0 aliphatic carbocycles. The van der Waals surface area contributed by atoms with Crippen LogP contribution in [-0.4, -0.2) is 62.5 Å². The predicted octanol–water partition coefficient (Wildman–Crippen LogP) is 3.13. The Morgan fingerprint density at radius 3 is 2.62 bits per heavy atom. The second-order valence-electron chi connectivity index (χ2n) is 5.64. The molecule has 0 fully saturated rings. The van der Waals surface area contributed by atoms with E-state index in [0.717, 1.165) is 23.2 Å². The smallest absolute Gasteiger partial charge is 0.243 e. The van der Waals surface area contributed by atoms with Crippen LogP contribution in [0.4, 0.5) is 4.39 Å². The van der Waals surface area contributed by atoms with Crippen molar-refractivity contribution in [2.45, 2.75) is 12.8 Å². The van der Waals surface area contributed by atoms with Gasteiger partial charge in [-0.3, -0.25) is 4.79 Å². The van der Waals surface area contributed by atoms with Crippen molar-refractivity contribution in [1.29, 1.82) is 0 Å². The number of guanidine groups is 1. The first kappa shape index (κ1) is 25.4. The summed E-state index contributed by atoms with van der Waals surface area (Å²) in [6, 6.07) is 5.11. The van der Waals surface area contributed by atoms with Gasteiger partial charge in [-0.05, 0) is 36.8 Å². The minimum absolute atomic E-state index is 0. The molecule has 0 aliphatic heterocycles. The Kier molecular flexibility index (Phi) is 14.2. The minimum Gasteiger partial charge on any atom is -0.356 e. The summed E-state index contributed by atoms with van der Waals surface area (Å²) in [5, 5.41) is 6.40. The highest BCUT2D eigenvalue weighted by Gasteiger charge is 2.05. The summed E-state index contributed by atoms with van der Waals surface area (Å²) in [4.78, 5) is 17.5. The molecule has 1 aromatic carbocycles. The molecule has 0 atom stereocenters. The van der Waals surface area contributed by atoms with Gasteiger partial charge in [0.15, 0.2) is 5.96 Å². The van der Waals surface area contributed by atoms with E-state index < -0.39 is 0 Å². The lowest BCUT2D eigenvalue weighted by Gasteiger charge is -2.13. The van der Waals surface area contributed by atoms with Gasteiger partial charge >= 0.3 is 0 Å². The van der Waals surface area contributed by atoms with Crippen LogP contribution >= 0.6 is 51.7 Å². The Morgan fingerprint density at radius 1 is 1.31 bits per heavy atom. The van der Waals surface area contributed by atoms with Crippen LogP contribution in [0.2, 0.25) is 0 Å². The van der Waals surface area contributed by atoms with E-state index in [9.17, 15) is 9.18 Å². The van der Waals surface area contributed by atoms with Crippen LogP contribution in [0.1, 0.15) is 12.0 Å². The monoisotopic (exact) mass is 560 g/mol. The zero-order valence-corrected chi connectivity index (χ0v) is 20.1. The van der Waals surface area contributed by atoms with Gasteiger partial charge in [-0.15, -0.1) is 24.0 Å². The van der Waals surface area contributed by atoms with Crippen molar-refractivity contribution in [2.24, 2.45) is 4.99 Å². The van der Waals surface area contributed by atoms with Crippen molar-refractivity contribution in [3.05, 3.63) is 34.1 Å². The average Bonchev–Trinajstić information content (AvgIpc) is 2.57. The number of rotatable bonds is 9. The zero-order chi connectivity index (χ0) is 18.7. The molecule has 0 unspecified atom stereocenters. The van der Waals surface area contributed by atoms with Gasteiger partial charge in [0.2, 0.25) is 5.91 Å². The lowest BCUT2D eigenvalue weighted by atomic mass is 10.1. The highest BCUT2D eigenvalue weighted by Crippen LogP contribution is 2.16. The molecule has 0 bridgehead atoms. The van der Waals surface area contributed by atoms with Crippen molar-refractivity contribution in [1.82, 2.24) is 15.5 Å². The van der Waals surface area contributed by atoms with Crippen LogP contribution in [-0.2, 0) is 11.2 Å². The van der Waals surface area contributed by atoms with Crippen molar-refractivity contribution in [3.63, 3.8) is 0 Å². The van der Waals surface area contributed by atoms with Crippen LogP contribution in [0, 0.1) is 5.82 Å². The summed E-state index contributed by atoms with van der Waals surface area (Å²) in [7, 11) is 3.41. The normalized spacial score (nSPS) is 10.9. The molecule has 0 saturated heterocycles. The number of hydrogen-bond donors (Lipinski definition) is 2. The molecule has 26 heavy (non-hydrogen) atoms. The summed E-state index contributed by atoms with van der Waals surface area (Å²) in [5.41, 5.74) is 0.696. The van der Waals surface area contributed by atoms with Gasteiger partial charge in [-0.2, -0.15) is 11.8 Å². The number of carbonyl (C=O) groups is 1. The number of halogens is 3. The highest BCUT2D eigenvalue weighted by atomic mass is 127. The van der Waals surface area contributed by atoms with E-state index in [1.807, 2.05) is 12.3 Å². The van der Waals surface area contributed by atoms with E-state index in [1.165, 1.54) is 11.0 Å². The summed E-state index contributed by atoms with van der Waals surface area (Å²) in [6.45, 7) is 1.52. The van der Waals surface area contributed by atoms with E-state index in [4.69, 9.17) is 0 Å². The Hall–Kier alpha value is -0.550. The maximum atomic E-state index is 13.8. The van der Waals surface area contributed by atoms with Gasteiger partial charge < -0.3 is 15.5 Å². The van der Waals surface area contributed by atoms with Crippen molar-refractivity contribution >= 4 is 63.5 Å². The third-order valence-corrected chi connectivity index (χ3v) is 4.51. The Labute approximate surface area is 185 Å². The number of nitrogens with one attached hydrogen (secondary N) is 2. The largest absolute Gasteiger partial charge is 0.356 e. The second kappa shape index (κ2) is 14.5.